The smallest absolute Gasteiger partial charge is 0.260 e. The molecule has 1 amide bonds. The lowest BCUT2D eigenvalue weighted by molar-refractivity contribution is 0.0986. The average molecular weight is 493 g/mol. The monoisotopic (exact) mass is 492 g/mol. The number of aryl methyl sites for hydroxylation is 1. The maximum Gasteiger partial charge on any atom is 0.260 e. The lowest BCUT2D eigenvalue weighted by atomic mass is 10.2. The minimum absolute atomic E-state index is 0. The van der Waals surface area contributed by atoms with Crippen LogP contribution in [0.25, 0.3) is 10.2 Å². The largest absolute Gasteiger partial charge is 0.497 e. The standard InChI is InChI=1S/C22H21ClN4O3S.ClH/c1-29-16-6-4-15(5-7-16)21(28)27(12-3-11-26-13-10-24-14-26)22-25-19-18(30-2)9-8-17(23)20(19)31-22;/h4-10,13-14H,3,11-12H2,1-2H3;1H. The van der Waals surface area contributed by atoms with Gasteiger partial charge in [0.05, 0.1) is 30.3 Å². The number of carbonyl (C=O) groups is 1. The Morgan fingerprint density at radius 2 is 1.94 bits per heavy atom. The number of imidazole rings is 1. The van der Waals surface area contributed by atoms with Gasteiger partial charge in [-0.2, -0.15) is 0 Å². The van der Waals surface area contributed by atoms with E-state index in [1.165, 1.54) is 11.3 Å². The number of ether oxygens (including phenoxy) is 2. The van der Waals surface area contributed by atoms with Crippen molar-refractivity contribution in [2.24, 2.45) is 0 Å². The third-order valence-corrected chi connectivity index (χ3v) is 6.38. The van der Waals surface area contributed by atoms with Gasteiger partial charge in [-0.05, 0) is 42.8 Å². The van der Waals surface area contributed by atoms with Gasteiger partial charge in [0.1, 0.15) is 17.0 Å². The molecule has 0 saturated carbocycles. The quantitative estimate of drug-likeness (QED) is 0.332. The van der Waals surface area contributed by atoms with Crippen molar-refractivity contribution < 1.29 is 14.3 Å². The van der Waals surface area contributed by atoms with Crippen molar-refractivity contribution in [1.82, 2.24) is 14.5 Å². The van der Waals surface area contributed by atoms with E-state index in [-0.39, 0.29) is 18.3 Å². The lowest BCUT2D eigenvalue weighted by Crippen LogP contribution is -2.32. The van der Waals surface area contributed by atoms with Gasteiger partial charge in [-0.1, -0.05) is 22.9 Å². The van der Waals surface area contributed by atoms with Gasteiger partial charge in [0, 0.05) is 31.0 Å². The molecule has 10 heteroatoms. The van der Waals surface area contributed by atoms with E-state index in [1.807, 2.05) is 10.8 Å². The molecule has 7 nitrogen and oxygen atoms in total. The fourth-order valence-corrected chi connectivity index (χ4v) is 4.51. The molecule has 0 aliphatic carbocycles. The molecular weight excluding hydrogens is 471 g/mol. The van der Waals surface area contributed by atoms with Gasteiger partial charge in [-0.25, -0.2) is 9.97 Å². The van der Waals surface area contributed by atoms with E-state index in [0.717, 1.165) is 17.7 Å². The predicted molar refractivity (Wildman–Crippen MR) is 130 cm³/mol. The molecule has 0 bridgehead atoms. The first-order valence-corrected chi connectivity index (χ1v) is 10.8. The van der Waals surface area contributed by atoms with Crippen molar-refractivity contribution in [2.45, 2.75) is 13.0 Å². The van der Waals surface area contributed by atoms with Crippen molar-refractivity contribution in [1.29, 1.82) is 0 Å². The molecular formula is C22H22Cl2N4O3S. The van der Waals surface area contributed by atoms with Crippen LogP contribution in [0.2, 0.25) is 5.02 Å². The molecule has 2 aromatic heterocycles. The zero-order valence-electron chi connectivity index (χ0n) is 17.5. The molecule has 32 heavy (non-hydrogen) atoms. The van der Waals surface area contributed by atoms with Gasteiger partial charge in [0.25, 0.3) is 5.91 Å². The Hall–Kier alpha value is -2.81. The summed E-state index contributed by atoms with van der Waals surface area (Å²) in [5.41, 5.74) is 1.21. The number of amides is 1. The molecule has 0 aliphatic rings. The number of halogens is 2. The van der Waals surface area contributed by atoms with Crippen LogP contribution in [0.1, 0.15) is 16.8 Å². The lowest BCUT2D eigenvalue weighted by Gasteiger charge is -2.20. The zero-order chi connectivity index (χ0) is 21.8. The first-order chi connectivity index (χ1) is 15.1. The molecule has 168 valence electrons. The minimum Gasteiger partial charge on any atom is -0.497 e. The highest BCUT2D eigenvalue weighted by Crippen LogP contribution is 2.39. The predicted octanol–water partition coefficient (Wildman–Crippen LogP) is 5.32. The van der Waals surface area contributed by atoms with Crippen LogP contribution in [-0.4, -0.2) is 41.2 Å². The number of hydrogen-bond donors (Lipinski definition) is 0. The average Bonchev–Trinajstić information content (AvgIpc) is 3.47. The normalized spacial score (nSPS) is 10.6. The maximum absolute atomic E-state index is 13.4. The van der Waals surface area contributed by atoms with Crippen LogP contribution in [0.3, 0.4) is 0 Å². The van der Waals surface area contributed by atoms with Gasteiger partial charge < -0.3 is 14.0 Å². The Balaban J connectivity index is 0.00000289. The van der Waals surface area contributed by atoms with E-state index in [2.05, 4.69) is 4.98 Å². The molecule has 0 atom stereocenters. The Morgan fingerprint density at radius 1 is 1.16 bits per heavy atom. The number of carbonyl (C=O) groups excluding carboxylic acids is 1. The van der Waals surface area contributed by atoms with Gasteiger partial charge in [-0.15, -0.1) is 12.4 Å². The fourth-order valence-electron chi connectivity index (χ4n) is 3.23. The molecule has 0 saturated heterocycles. The van der Waals surface area contributed by atoms with Crippen molar-refractivity contribution in [3.05, 3.63) is 65.7 Å². The number of thiazole rings is 1. The first kappa shape index (κ1) is 23.8. The number of rotatable bonds is 8. The summed E-state index contributed by atoms with van der Waals surface area (Å²) in [6, 6.07) is 10.6. The number of benzene rings is 2. The van der Waals surface area contributed by atoms with Crippen LogP contribution in [-0.2, 0) is 6.54 Å². The van der Waals surface area contributed by atoms with Crippen molar-refractivity contribution in [3.8, 4) is 11.5 Å². The van der Waals surface area contributed by atoms with E-state index >= 15 is 0 Å². The summed E-state index contributed by atoms with van der Waals surface area (Å²) in [6.45, 7) is 1.23. The van der Waals surface area contributed by atoms with Crippen LogP contribution in [0.4, 0.5) is 5.13 Å². The molecule has 4 rings (SSSR count). The number of nitrogens with zero attached hydrogens (tertiary/aromatic N) is 4. The van der Waals surface area contributed by atoms with Crippen molar-refractivity contribution in [3.63, 3.8) is 0 Å². The molecule has 0 radical (unpaired) electrons. The van der Waals surface area contributed by atoms with Gasteiger partial charge in [-0.3, -0.25) is 9.69 Å². The number of anilines is 1. The second kappa shape index (κ2) is 10.7. The summed E-state index contributed by atoms with van der Waals surface area (Å²) in [5.74, 6) is 1.18. The number of aromatic nitrogens is 3. The van der Waals surface area contributed by atoms with Gasteiger partial charge in [0.15, 0.2) is 5.13 Å². The van der Waals surface area contributed by atoms with Crippen LogP contribution in [0, 0.1) is 0 Å². The molecule has 0 N–H and O–H groups in total. The topological polar surface area (TPSA) is 69.5 Å². The Kier molecular flexibility index (Phi) is 7.95. The molecule has 4 aromatic rings. The maximum atomic E-state index is 13.4. The van der Waals surface area contributed by atoms with Gasteiger partial charge in [0.2, 0.25) is 0 Å². The second-order valence-corrected chi connectivity index (χ2v) is 8.15. The van der Waals surface area contributed by atoms with Crippen LogP contribution in [0.5, 0.6) is 11.5 Å². The van der Waals surface area contributed by atoms with Crippen LogP contribution >= 0.6 is 35.3 Å². The summed E-state index contributed by atoms with van der Waals surface area (Å²) in [7, 11) is 3.19. The second-order valence-electron chi connectivity index (χ2n) is 6.76. The Bertz CT molecular complexity index is 1180. The number of hydrogen-bond acceptors (Lipinski definition) is 6. The Labute approximate surface area is 201 Å². The third kappa shape index (κ3) is 4.98. The summed E-state index contributed by atoms with van der Waals surface area (Å²) in [6.07, 6.45) is 6.14. The van der Waals surface area contributed by atoms with E-state index in [1.54, 1.807) is 68.0 Å². The minimum atomic E-state index is -0.137. The highest BCUT2D eigenvalue weighted by molar-refractivity contribution is 7.23. The van der Waals surface area contributed by atoms with E-state index < -0.39 is 0 Å². The van der Waals surface area contributed by atoms with E-state index in [9.17, 15) is 4.79 Å². The van der Waals surface area contributed by atoms with Crippen molar-refractivity contribution >= 4 is 56.6 Å². The summed E-state index contributed by atoms with van der Waals surface area (Å²) in [4.78, 5) is 23.9. The molecule has 2 aromatic carbocycles. The number of methoxy groups -OCH3 is 2. The SMILES string of the molecule is COc1ccc(C(=O)N(CCCn2ccnc2)c2nc3c(OC)ccc(Cl)c3s2)cc1.Cl. The fraction of sp³-hybridized carbons (Fsp3) is 0.227. The van der Waals surface area contributed by atoms with Gasteiger partial charge >= 0.3 is 0 Å². The highest BCUT2D eigenvalue weighted by Gasteiger charge is 2.23. The Morgan fingerprint density at radius 3 is 2.59 bits per heavy atom. The summed E-state index contributed by atoms with van der Waals surface area (Å²) < 4.78 is 13.4. The first-order valence-electron chi connectivity index (χ1n) is 9.65. The molecule has 0 aliphatic heterocycles. The van der Waals surface area contributed by atoms with Crippen LogP contribution in [0.15, 0.2) is 55.1 Å². The zero-order valence-corrected chi connectivity index (χ0v) is 19.9. The molecule has 0 fully saturated rings. The van der Waals surface area contributed by atoms with Crippen LogP contribution < -0.4 is 14.4 Å². The molecule has 0 unspecified atom stereocenters. The third-order valence-electron chi connectivity index (χ3n) is 4.84. The highest BCUT2D eigenvalue weighted by atomic mass is 35.5. The number of fused-ring (bicyclic) bond motifs is 1. The molecule has 0 spiro atoms. The summed E-state index contributed by atoms with van der Waals surface area (Å²) in [5, 5.41) is 1.16. The van der Waals surface area contributed by atoms with Crippen molar-refractivity contribution in [2.75, 3.05) is 25.7 Å². The molecule has 2 heterocycles. The summed E-state index contributed by atoms with van der Waals surface area (Å²) >= 11 is 7.77. The van der Waals surface area contributed by atoms with E-state index in [4.69, 9.17) is 26.1 Å². The van der Waals surface area contributed by atoms with E-state index in [0.29, 0.717) is 39.3 Å².